The van der Waals surface area contributed by atoms with Crippen LogP contribution < -0.4 is 11.3 Å². The topological polar surface area (TPSA) is 47.3 Å². The predicted octanol–water partition coefficient (Wildman–Crippen LogP) is 2.49. The standard InChI is InChI=1S/C15H26N2O/c1-4-18-9-5-6-15(17-16)11-14-10-12(2)7-8-13(14)3/h7-8,10,15,17H,4-6,9,11,16H2,1-3H3. The highest BCUT2D eigenvalue weighted by atomic mass is 16.5. The summed E-state index contributed by atoms with van der Waals surface area (Å²) in [5.41, 5.74) is 6.95. The van der Waals surface area contributed by atoms with Crippen molar-refractivity contribution in [2.75, 3.05) is 13.2 Å². The van der Waals surface area contributed by atoms with Gasteiger partial charge in [-0.1, -0.05) is 23.8 Å². The van der Waals surface area contributed by atoms with E-state index in [1.54, 1.807) is 0 Å². The second kappa shape index (κ2) is 8.25. The van der Waals surface area contributed by atoms with Crippen molar-refractivity contribution in [3.05, 3.63) is 34.9 Å². The number of hydrogen-bond donors (Lipinski definition) is 2. The lowest BCUT2D eigenvalue weighted by atomic mass is 9.97. The van der Waals surface area contributed by atoms with E-state index < -0.39 is 0 Å². The molecule has 0 amide bonds. The number of benzene rings is 1. The SMILES string of the molecule is CCOCCCC(Cc1cc(C)ccc1C)NN. The van der Waals surface area contributed by atoms with Crippen LogP contribution in [-0.4, -0.2) is 19.3 Å². The van der Waals surface area contributed by atoms with Gasteiger partial charge in [0.25, 0.3) is 0 Å². The zero-order chi connectivity index (χ0) is 13.4. The average Bonchev–Trinajstić information content (AvgIpc) is 2.37. The Kier molecular flexibility index (Phi) is 6.94. The molecule has 0 heterocycles. The molecule has 1 aromatic rings. The summed E-state index contributed by atoms with van der Waals surface area (Å²) in [6, 6.07) is 6.91. The molecule has 3 N–H and O–H groups in total. The summed E-state index contributed by atoms with van der Waals surface area (Å²) < 4.78 is 5.35. The van der Waals surface area contributed by atoms with E-state index >= 15 is 0 Å². The molecule has 0 fully saturated rings. The molecule has 3 heteroatoms. The fourth-order valence-corrected chi connectivity index (χ4v) is 2.11. The Balaban J connectivity index is 2.48. The van der Waals surface area contributed by atoms with Crippen LogP contribution in [-0.2, 0) is 11.2 Å². The van der Waals surface area contributed by atoms with Crippen molar-refractivity contribution >= 4 is 0 Å². The van der Waals surface area contributed by atoms with Gasteiger partial charge in [0, 0.05) is 19.3 Å². The quantitative estimate of drug-likeness (QED) is 0.423. The van der Waals surface area contributed by atoms with Gasteiger partial charge >= 0.3 is 0 Å². The lowest BCUT2D eigenvalue weighted by molar-refractivity contribution is 0.140. The van der Waals surface area contributed by atoms with E-state index in [1.807, 2.05) is 6.92 Å². The fourth-order valence-electron chi connectivity index (χ4n) is 2.11. The maximum Gasteiger partial charge on any atom is 0.0466 e. The Morgan fingerprint density at radius 2 is 2.11 bits per heavy atom. The molecule has 102 valence electrons. The van der Waals surface area contributed by atoms with E-state index in [4.69, 9.17) is 10.6 Å². The third-order valence-electron chi connectivity index (χ3n) is 3.25. The fraction of sp³-hybridized carbons (Fsp3) is 0.600. The van der Waals surface area contributed by atoms with E-state index in [-0.39, 0.29) is 0 Å². The summed E-state index contributed by atoms with van der Waals surface area (Å²) in [4.78, 5) is 0. The van der Waals surface area contributed by atoms with Gasteiger partial charge in [-0.2, -0.15) is 0 Å². The maximum atomic E-state index is 5.63. The lowest BCUT2D eigenvalue weighted by Gasteiger charge is -2.17. The monoisotopic (exact) mass is 250 g/mol. The summed E-state index contributed by atoms with van der Waals surface area (Å²) in [7, 11) is 0. The molecule has 1 unspecified atom stereocenters. The molecular weight excluding hydrogens is 224 g/mol. The maximum absolute atomic E-state index is 5.63. The highest BCUT2D eigenvalue weighted by Gasteiger charge is 2.09. The third-order valence-corrected chi connectivity index (χ3v) is 3.25. The summed E-state index contributed by atoms with van der Waals surface area (Å²) >= 11 is 0. The van der Waals surface area contributed by atoms with Gasteiger partial charge in [0.15, 0.2) is 0 Å². The van der Waals surface area contributed by atoms with Crippen LogP contribution in [0.4, 0.5) is 0 Å². The van der Waals surface area contributed by atoms with Crippen molar-refractivity contribution < 1.29 is 4.74 Å². The van der Waals surface area contributed by atoms with Crippen molar-refractivity contribution in [3.63, 3.8) is 0 Å². The molecule has 0 saturated carbocycles. The molecule has 0 radical (unpaired) electrons. The van der Waals surface area contributed by atoms with Crippen molar-refractivity contribution in [2.24, 2.45) is 5.84 Å². The first kappa shape index (κ1) is 15.2. The van der Waals surface area contributed by atoms with Crippen LogP contribution in [0.3, 0.4) is 0 Å². The van der Waals surface area contributed by atoms with Crippen LogP contribution in [0.5, 0.6) is 0 Å². The highest BCUT2D eigenvalue weighted by molar-refractivity contribution is 5.31. The zero-order valence-corrected chi connectivity index (χ0v) is 11.8. The van der Waals surface area contributed by atoms with E-state index in [1.165, 1.54) is 16.7 Å². The molecule has 0 aromatic heterocycles. The first-order chi connectivity index (χ1) is 8.67. The average molecular weight is 250 g/mol. The van der Waals surface area contributed by atoms with Crippen LogP contribution in [0.15, 0.2) is 18.2 Å². The molecule has 0 aliphatic carbocycles. The number of aryl methyl sites for hydroxylation is 2. The van der Waals surface area contributed by atoms with Gasteiger partial charge < -0.3 is 4.74 Å². The second-order valence-corrected chi connectivity index (χ2v) is 4.84. The first-order valence-electron chi connectivity index (χ1n) is 6.77. The summed E-state index contributed by atoms with van der Waals surface area (Å²) in [6.07, 6.45) is 3.08. The Bertz CT molecular complexity index is 352. The van der Waals surface area contributed by atoms with E-state index in [0.29, 0.717) is 6.04 Å². The van der Waals surface area contributed by atoms with Gasteiger partial charge in [0.2, 0.25) is 0 Å². The Morgan fingerprint density at radius 1 is 1.33 bits per heavy atom. The Hall–Kier alpha value is -0.900. The van der Waals surface area contributed by atoms with E-state index in [0.717, 1.165) is 32.5 Å². The van der Waals surface area contributed by atoms with E-state index in [9.17, 15) is 0 Å². The Labute approximate surface area is 111 Å². The minimum atomic E-state index is 0.325. The van der Waals surface area contributed by atoms with Crippen LogP contribution in [0.1, 0.15) is 36.5 Å². The van der Waals surface area contributed by atoms with Crippen molar-refractivity contribution in [1.29, 1.82) is 0 Å². The smallest absolute Gasteiger partial charge is 0.0466 e. The largest absolute Gasteiger partial charge is 0.382 e. The van der Waals surface area contributed by atoms with Crippen LogP contribution in [0, 0.1) is 13.8 Å². The summed E-state index contributed by atoms with van der Waals surface area (Å²) in [6.45, 7) is 7.92. The van der Waals surface area contributed by atoms with E-state index in [2.05, 4.69) is 37.5 Å². The van der Waals surface area contributed by atoms with Gasteiger partial charge in [0.05, 0.1) is 0 Å². The molecule has 0 aliphatic rings. The van der Waals surface area contributed by atoms with Gasteiger partial charge in [0.1, 0.15) is 0 Å². The molecule has 18 heavy (non-hydrogen) atoms. The number of hydrogen-bond acceptors (Lipinski definition) is 3. The minimum Gasteiger partial charge on any atom is -0.382 e. The summed E-state index contributed by atoms with van der Waals surface area (Å²) in [5.74, 6) is 5.63. The van der Waals surface area contributed by atoms with Crippen LogP contribution in [0.2, 0.25) is 0 Å². The molecule has 0 saturated heterocycles. The minimum absolute atomic E-state index is 0.325. The zero-order valence-electron chi connectivity index (χ0n) is 11.8. The van der Waals surface area contributed by atoms with Crippen LogP contribution in [0.25, 0.3) is 0 Å². The predicted molar refractivity (Wildman–Crippen MR) is 76.5 cm³/mol. The molecule has 1 rings (SSSR count). The summed E-state index contributed by atoms with van der Waals surface area (Å²) in [5, 5.41) is 0. The van der Waals surface area contributed by atoms with Crippen LogP contribution >= 0.6 is 0 Å². The van der Waals surface area contributed by atoms with Gasteiger partial charge in [-0.3, -0.25) is 11.3 Å². The molecular formula is C15H26N2O. The van der Waals surface area contributed by atoms with Crippen molar-refractivity contribution in [1.82, 2.24) is 5.43 Å². The number of ether oxygens (including phenoxy) is 1. The number of hydrazine groups is 1. The molecule has 3 nitrogen and oxygen atoms in total. The van der Waals surface area contributed by atoms with Gasteiger partial charge in [-0.05, 0) is 51.2 Å². The normalized spacial score (nSPS) is 12.7. The second-order valence-electron chi connectivity index (χ2n) is 4.84. The molecule has 1 aromatic carbocycles. The van der Waals surface area contributed by atoms with Gasteiger partial charge in [-0.15, -0.1) is 0 Å². The molecule has 0 bridgehead atoms. The number of nitrogens with one attached hydrogen (secondary N) is 1. The lowest BCUT2D eigenvalue weighted by Crippen LogP contribution is -2.37. The molecule has 1 atom stereocenters. The Morgan fingerprint density at radius 3 is 2.78 bits per heavy atom. The molecule has 0 aliphatic heterocycles. The van der Waals surface area contributed by atoms with Crippen molar-refractivity contribution in [3.8, 4) is 0 Å². The highest BCUT2D eigenvalue weighted by Crippen LogP contribution is 2.14. The van der Waals surface area contributed by atoms with Gasteiger partial charge in [-0.25, -0.2) is 0 Å². The number of rotatable bonds is 8. The third kappa shape index (κ3) is 5.17. The van der Waals surface area contributed by atoms with Crippen molar-refractivity contribution in [2.45, 2.75) is 46.1 Å². The molecule has 0 spiro atoms. The number of nitrogens with two attached hydrogens (primary N) is 1. The first-order valence-corrected chi connectivity index (χ1v) is 6.77.